The van der Waals surface area contributed by atoms with Crippen molar-refractivity contribution in [2.75, 3.05) is 26.7 Å². The Morgan fingerprint density at radius 2 is 1.76 bits per heavy atom. The van der Waals surface area contributed by atoms with Crippen molar-refractivity contribution in [2.24, 2.45) is 11.8 Å². The third-order valence-corrected chi connectivity index (χ3v) is 5.90. The van der Waals surface area contributed by atoms with Crippen molar-refractivity contribution in [3.05, 3.63) is 65.5 Å². The molecule has 150 valence electrons. The van der Waals surface area contributed by atoms with Gasteiger partial charge in [-0.15, -0.1) is 0 Å². The van der Waals surface area contributed by atoms with E-state index in [1.54, 1.807) is 11.8 Å². The molecule has 0 N–H and O–H groups in total. The number of aromatic nitrogens is 1. The van der Waals surface area contributed by atoms with Crippen molar-refractivity contribution < 1.29 is 19.1 Å². The summed E-state index contributed by atoms with van der Waals surface area (Å²) in [6.45, 7) is 3.39. The Morgan fingerprint density at radius 1 is 1.03 bits per heavy atom. The lowest BCUT2D eigenvalue weighted by Gasteiger charge is -2.29. The lowest BCUT2D eigenvalue weighted by Crippen LogP contribution is -2.36. The Balaban J connectivity index is 1.56. The van der Waals surface area contributed by atoms with Gasteiger partial charge < -0.3 is 14.5 Å². The molecule has 0 spiro atoms. The number of esters is 1. The van der Waals surface area contributed by atoms with Crippen LogP contribution in [-0.2, 0) is 9.53 Å². The fourth-order valence-electron chi connectivity index (χ4n) is 4.58. The second-order valence-corrected chi connectivity index (χ2v) is 7.61. The van der Waals surface area contributed by atoms with Gasteiger partial charge >= 0.3 is 5.97 Å². The van der Waals surface area contributed by atoms with Crippen LogP contribution in [0.25, 0.3) is 0 Å². The first-order valence-corrected chi connectivity index (χ1v) is 9.64. The summed E-state index contributed by atoms with van der Waals surface area (Å²) in [6, 6.07) is 11.5. The van der Waals surface area contributed by atoms with E-state index in [1.165, 1.54) is 25.6 Å². The topological polar surface area (TPSA) is 79.8 Å². The molecule has 7 nitrogen and oxygen atoms in total. The molecule has 1 aromatic heterocycles. The van der Waals surface area contributed by atoms with E-state index in [-0.39, 0.29) is 35.3 Å². The highest BCUT2D eigenvalue weighted by atomic mass is 16.5. The van der Waals surface area contributed by atoms with Crippen molar-refractivity contribution >= 4 is 17.8 Å². The van der Waals surface area contributed by atoms with Crippen LogP contribution < -0.4 is 0 Å². The predicted molar refractivity (Wildman–Crippen MR) is 105 cm³/mol. The minimum Gasteiger partial charge on any atom is -0.465 e. The molecule has 2 aliphatic rings. The lowest BCUT2D eigenvalue weighted by atomic mass is 9.89. The van der Waals surface area contributed by atoms with E-state index in [1.807, 2.05) is 35.2 Å². The zero-order valence-electron chi connectivity index (χ0n) is 16.4. The first kappa shape index (κ1) is 19.1. The zero-order chi connectivity index (χ0) is 20.5. The standard InChI is InChI=1S/C22H23N3O4/c1-14(26)25-12-18-11-24(13-19(18)20(25)15-6-4-3-5-7-15)21(27)16-8-17(10-23-9-16)22(28)29-2/h3-10,18-20H,11-13H2,1-2H3/t18-,19-,20+/m1/s1. The van der Waals surface area contributed by atoms with Crippen LogP contribution in [0, 0.1) is 11.8 Å². The summed E-state index contributed by atoms with van der Waals surface area (Å²) >= 11 is 0. The molecule has 0 saturated carbocycles. The zero-order valence-corrected chi connectivity index (χ0v) is 16.4. The van der Waals surface area contributed by atoms with Crippen LogP contribution in [0.5, 0.6) is 0 Å². The number of nitrogens with zero attached hydrogens (tertiary/aromatic N) is 3. The summed E-state index contributed by atoms with van der Waals surface area (Å²) in [7, 11) is 1.29. The monoisotopic (exact) mass is 393 g/mol. The van der Waals surface area contributed by atoms with Crippen LogP contribution in [0.15, 0.2) is 48.8 Å². The molecule has 0 radical (unpaired) electrons. The van der Waals surface area contributed by atoms with Gasteiger partial charge in [0.15, 0.2) is 0 Å². The molecular formula is C22H23N3O4. The van der Waals surface area contributed by atoms with Crippen molar-refractivity contribution in [3.63, 3.8) is 0 Å². The number of pyridine rings is 1. The number of hydrogen-bond acceptors (Lipinski definition) is 5. The van der Waals surface area contributed by atoms with Gasteiger partial charge in [0.25, 0.3) is 5.91 Å². The minimum atomic E-state index is -0.522. The van der Waals surface area contributed by atoms with E-state index in [0.717, 1.165) is 5.56 Å². The summed E-state index contributed by atoms with van der Waals surface area (Å²) in [6.07, 6.45) is 2.86. The predicted octanol–water partition coefficient (Wildman–Crippen LogP) is 2.16. The van der Waals surface area contributed by atoms with Crippen molar-refractivity contribution in [1.82, 2.24) is 14.8 Å². The number of carbonyl (C=O) groups is 3. The molecule has 7 heteroatoms. The van der Waals surface area contributed by atoms with Gasteiger partial charge in [-0.2, -0.15) is 0 Å². The summed E-state index contributed by atoms with van der Waals surface area (Å²) < 4.78 is 4.71. The molecule has 2 amide bonds. The molecule has 0 bridgehead atoms. The molecule has 3 heterocycles. The second kappa shape index (κ2) is 7.66. The van der Waals surface area contributed by atoms with Gasteiger partial charge in [-0.25, -0.2) is 4.79 Å². The molecule has 2 fully saturated rings. The number of methoxy groups -OCH3 is 1. The van der Waals surface area contributed by atoms with Crippen LogP contribution in [0.4, 0.5) is 0 Å². The number of benzene rings is 1. The normalized spacial score (nSPS) is 23.0. The Morgan fingerprint density at radius 3 is 2.45 bits per heavy atom. The number of rotatable bonds is 3. The maximum absolute atomic E-state index is 13.1. The van der Waals surface area contributed by atoms with E-state index in [2.05, 4.69) is 4.98 Å². The van der Waals surface area contributed by atoms with Crippen LogP contribution >= 0.6 is 0 Å². The third-order valence-electron chi connectivity index (χ3n) is 5.90. The van der Waals surface area contributed by atoms with Crippen LogP contribution in [-0.4, -0.2) is 59.3 Å². The molecule has 0 aliphatic carbocycles. The molecule has 29 heavy (non-hydrogen) atoms. The largest absolute Gasteiger partial charge is 0.465 e. The number of likely N-dealkylation sites (tertiary alicyclic amines) is 2. The van der Waals surface area contributed by atoms with Crippen molar-refractivity contribution in [1.29, 1.82) is 0 Å². The van der Waals surface area contributed by atoms with Gasteiger partial charge in [-0.05, 0) is 11.6 Å². The average molecular weight is 393 g/mol. The first-order valence-electron chi connectivity index (χ1n) is 9.64. The third kappa shape index (κ3) is 3.48. The van der Waals surface area contributed by atoms with E-state index in [4.69, 9.17) is 4.74 Å². The first-order chi connectivity index (χ1) is 14.0. The van der Waals surface area contributed by atoms with Gasteiger partial charge in [0, 0.05) is 50.8 Å². The Bertz CT molecular complexity index is 946. The smallest absolute Gasteiger partial charge is 0.339 e. The average Bonchev–Trinajstić information content (AvgIpc) is 3.31. The van der Waals surface area contributed by atoms with E-state index < -0.39 is 5.97 Å². The molecule has 1 aromatic carbocycles. The van der Waals surface area contributed by atoms with Gasteiger partial charge in [-0.3, -0.25) is 14.6 Å². The summed E-state index contributed by atoms with van der Waals surface area (Å²) in [4.78, 5) is 44.8. The van der Waals surface area contributed by atoms with E-state index in [0.29, 0.717) is 25.2 Å². The summed E-state index contributed by atoms with van der Waals surface area (Å²) in [5, 5.41) is 0. The van der Waals surface area contributed by atoms with Gasteiger partial charge in [0.1, 0.15) is 0 Å². The lowest BCUT2D eigenvalue weighted by molar-refractivity contribution is -0.130. The quantitative estimate of drug-likeness (QED) is 0.747. The fourth-order valence-corrected chi connectivity index (χ4v) is 4.58. The van der Waals surface area contributed by atoms with Gasteiger partial charge in [0.05, 0.1) is 24.3 Å². The van der Waals surface area contributed by atoms with Gasteiger partial charge in [0.2, 0.25) is 5.91 Å². The minimum absolute atomic E-state index is 0.0315. The Kier molecular flexibility index (Phi) is 5.05. The van der Waals surface area contributed by atoms with Crippen LogP contribution in [0.1, 0.15) is 39.2 Å². The molecule has 2 aromatic rings. The molecule has 4 rings (SSSR count). The van der Waals surface area contributed by atoms with Crippen LogP contribution in [0.2, 0.25) is 0 Å². The second-order valence-electron chi connectivity index (χ2n) is 7.61. The highest BCUT2D eigenvalue weighted by Crippen LogP contribution is 2.45. The summed E-state index contributed by atoms with van der Waals surface area (Å²) in [5.41, 5.74) is 1.72. The number of carbonyl (C=O) groups excluding carboxylic acids is 3. The van der Waals surface area contributed by atoms with E-state index >= 15 is 0 Å². The maximum Gasteiger partial charge on any atom is 0.339 e. The molecule has 3 atom stereocenters. The summed E-state index contributed by atoms with van der Waals surface area (Å²) in [5.74, 6) is -0.210. The number of amides is 2. The molecule has 2 saturated heterocycles. The Labute approximate surface area is 169 Å². The highest BCUT2D eigenvalue weighted by molar-refractivity contribution is 5.97. The van der Waals surface area contributed by atoms with Gasteiger partial charge in [-0.1, -0.05) is 30.3 Å². The molecule has 0 unspecified atom stereocenters. The number of ether oxygens (including phenoxy) is 1. The molecular weight excluding hydrogens is 370 g/mol. The molecule has 2 aliphatic heterocycles. The number of hydrogen-bond donors (Lipinski definition) is 0. The SMILES string of the molecule is COC(=O)c1cncc(C(=O)N2C[C@@H]3CN(C(C)=O)[C@@H](c4ccccc4)[C@@H]3C2)c1. The van der Waals surface area contributed by atoms with Crippen molar-refractivity contribution in [3.8, 4) is 0 Å². The Hall–Kier alpha value is -3.22. The number of fused-ring (bicyclic) bond motifs is 1. The maximum atomic E-state index is 13.1. The van der Waals surface area contributed by atoms with Crippen LogP contribution in [0.3, 0.4) is 0 Å². The van der Waals surface area contributed by atoms with Crippen molar-refractivity contribution in [2.45, 2.75) is 13.0 Å². The highest BCUT2D eigenvalue weighted by Gasteiger charge is 2.49. The fraction of sp³-hybridized carbons (Fsp3) is 0.364. The van der Waals surface area contributed by atoms with E-state index in [9.17, 15) is 14.4 Å².